The fourth-order valence-corrected chi connectivity index (χ4v) is 1.97. The van der Waals surface area contributed by atoms with Gasteiger partial charge in [0.15, 0.2) is 0 Å². The van der Waals surface area contributed by atoms with Crippen molar-refractivity contribution in [2.24, 2.45) is 0 Å². The standard InChI is InChI=1S/C12H12N2O/c1-2-9-8-10(12-14-6-7-15-12)3-4-11(9)13-5-1/h3-4,6-8,13H,1-2,5H2. The van der Waals surface area contributed by atoms with E-state index in [0.717, 1.165) is 18.5 Å². The maximum absolute atomic E-state index is 5.28. The molecule has 1 aromatic heterocycles. The third kappa shape index (κ3) is 1.50. The van der Waals surface area contributed by atoms with Gasteiger partial charge in [-0.05, 0) is 36.6 Å². The summed E-state index contributed by atoms with van der Waals surface area (Å²) in [6, 6.07) is 6.31. The predicted molar refractivity (Wildman–Crippen MR) is 58.7 cm³/mol. The number of nitrogens with zero attached hydrogens (tertiary/aromatic N) is 1. The second-order valence-corrected chi connectivity index (χ2v) is 3.74. The van der Waals surface area contributed by atoms with E-state index in [1.54, 1.807) is 12.5 Å². The van der Waals surface area contributed by atoms with E-state index in [0.29, 0.717) is 5.89 Å². The molecule has 2 aromatic rings. The Morgan fingerprint density at radius 3 is 3.20 bits per heavy atom. The highest BCUT2D eigenvalue weighted by molar-refractivity contribution is 5.63. The number of hydrogen-bond acceptors (Lipinski definition) is 3. The van der Waals surface area contributed by atoms with Gasteiger partial charge in [-0.1, -0.05) is 0 Å². The first kappa shape index (κ1) is 8.53. The van der Waals surface area contributed by atoms with E-state index in [2.05, 4.69) is 22.4 Å². The normalized spacial score (nSPS) is 14.4. The van der Waals surface area contributed by atoms with Crippen LogP contribution >= 0.6 is 0 Å². The highest BCUT2D eigenvalue weighted by atomic mass is 16.3. The van der Waals surface area contributed by atoms with Crippen LogP contribution in [-0.4, -0.2) is 11.5 Å². The SMILES string of the molecule is c1coc(-c2ccc3c(c2)CCCN3)n1. The van der Waals surface area contributed by atoms with E-state index in [-0.39, 0.29) is 0 Å². The van der Waals surface area contributed by atoms with Crippen molar-refractivity contribution in [3.05, 3.63) is 36.2 Å². The Hall–Kier alpha value is -1.77. The highest BCUT2D eigenvalue weighted by Crippen LogP contribution is 2.27. The van der Waals surface area contributed by atoms with Crippen molar-refractivity contribution in [3.8, 4) is 11.5 Å². The smallest absolute Gasteiger partial charge is 0.225 e. The molecule has 0 amide bonds. The molecule has 3 rings (SSSR count). The second kappa shape index (κ2) is 3.42. The molecule has 1 aromatic carbocycles. The Labute approximate surface area is 88.1 Å². The van der Waals surface area contributed by atoms with Crippen LogP contribution in [0.25, 0.3) is 11.5 Å². The minimum absolute atomic E-state index is 0.698. The Morgan fingerprint density at radius 1 is 1.33 bits per heavy atom. The zero-order valence-corrected chi connectivity index (χ0v) is 8.36. The maximum Gasteiger partial charge on any atom is 0.225 e. The van der Waals surface area contributed by atoms with Gasteiger partial charge in [-0.15, -0.1) is 0 Å². The number of anilines is 1. The van der Waals surface area contributed by atoms with E-state index in [4.69, 9.17) is 4.42 Å². The quantitative estimate of drug-likeness (QED) is 0.769. The predicted octanol–water partition coefficient (Wildman–Crippen LogP) is 2.70. The molecule has 3 nitrogen and oxygen atoms in total. The zero-order chi connectivity index (χ0) is 10.1. The molecule has 3 heteroatoms. The molecular weight excluding hydrogens is 188 g/mol. The van der Waals surface area contributed by atoms with E-state index < -0.39 is 0 Å². The van der Waals surface area contributed by atoms with Gasteiger partial charge in [-0.3, -0.25) is 0 Å². The lowest BCUT2D eigenvalue weighted by atomic mass is 10.0. The molecular formula is C12H12N2O. The van der Waals surface area contributed by atoms with Gasteiger partial charge in [0.25, 0.3) is 0 Å². The summed E-state index contributed by atoms with van der Waals surface area (Å²) in [6.45, 7) is 1.07. The van der Waals surface area contributed by atoms with Gasteiger partial charge in [0.2, 0.25) is 5.89 Å². The third-order valence-corrected chi connectivity index (χ3v) is 2.72. The molecule has 0 spiro atoms. The number of nitrogens with one attached hydrogen (secondary N) is 1. The molecule has 0 unspecified atom stereocenters. The van der Waals surface area contributed by atoms with E-state index in [1.807, 2.05) is 6.07 Å². The molecule has 1 aliphatic heterocycles. The van der Waals surface area contributed by atoms with Crippen LogP contribution in [0.3, 0.4) is 0 Å². The van der Waals surface area contributed by atoms with Crippen molar-refractivity contribution in [3.63, 3.8) is 0 Å². The average molecular weight is 200 g/mol. The molecule has 0 fully saturated rings. The number of benzene rings is 1. The Bertz CT molecular complexity index is 462. The van der Waals surface area contributed by atoms with Gasteiger partial charge in [-0.25, -0.2) is 4.98 Å². The van der Waals surface area contributed by atoms with Crippen LogP contribution in [0, 0.1) is 0 Å². The van der Waals surface area contributed by atoms with Gasteiger partial charge < -0.3 is 9.73 Å². The Balaban J connectivity index is 2.04. The number of hydrogen-bond donors (Lipinski definition) is 1. The first-order valence-corrected chi connectivity index (χ1v) is 5.20. The van der Waals surface area contributed by atoms with Crippen molar-refractivity contribution < 1.29 is 4.42 Å². The van der Waals surface area contributed by atoms with Crippen molar-refractivity contribution in [1.82, 2.24) is 4.98 Å². The lowest BCUT2D eigenvalue weighted by Gasteiger charge is -2.17. The lowest BCUT2D eigenvalue weighted by Crippen LogP contribution is -2.11. The van der Waals surface area contributed by atoms with Crippen LogP contribution in [0.2, 0.25) is 0 Å². The Kier molecular flexibility index (Phi) is 1.95. The first-order chi connectivity index (χ1) is 7.43. The van der Waals surface area contributed by atoms with E-state index in [9.17, 15) is 0 Å². The van der Waals surface area contributed by atoms with E-state index in [1.165, 1.54) is 17.7 Å². The molecule has 0 atom stereocenters. The largest absolute Gasteiger partial charge is 0.445 e. The summed E-state index contributed by atoms with van der Waals surface area (Å²) in [5.41, 5.74) is 3.66. The molecule has 0 radical (unpaired) electrons. The van der Waals surface area contributed by atoms with Gasteiger partial charge >= 0.3 is 0 Å². The summed E-state index contributed by atoms with van der Waals surface area (Å²) in [6.07, 6.45) is 5.61. The molecule has 0 saturated carbocycles. The number of rotatable bonds is 1. The van der Waals surface area contributed by atoms with Crippen LogP contribution in [0.15, 0.2) is 35.1 Å². The van der Waals surface area contributed by atoms with Gasteiger partial charge in [-0.2, -0.15) is 0 Å². The van der Waals surface area contributed by atoms with Crippen molar-refractivity contribution >= 4 is 5.69 Å². The molecule has 0 bridgehead atoms. The van der Waals surface area contributed by atoms with Gasteiger partial charge in [0.05, 0.1) is 6.20 Å². The number of aromatic nitrogens is 1. The van der Waals surface area contributed by atoms with Crippen molar-refractivity contribution in [2.45, 2.75) is 12.8 Å². The molecule has 1 aliphatic rings. The summed E-state index contributed by atoms with van der Waals surface area (Å²) in [7, 11) is 0. The van der Waals surface area contributed by atoms with Crippen LogP contribution in [-0.2, 0) is 6.42 Å². The summed E-state index contributed by atoms with van der Waals surface area (Å²) < 4.78 is 5.28. The molecule has 0 saturated heterocycles. The summed E-state index contributed by atoms with van der Waals surface area (Å²) >= 11 is 0. The second-order valence-electron chi connectivity index (χ2n) is 3.74. The van der Waals surface area contributed by atoms with Crippen LogP contribution in [0.5, 0.6) is 0 Å². The summed E-state index contributed by atoms with van der Waals surface area (Å²) in [5, 5.41) is 3.38. The fraction of sp³-hybridized carbons (Fsp3) is 0.250. The molecule has 2 heterocycles. The van der Waals surface area contributed by atoms with Crippen molar-refractivity contribution in [2.75, 3.05) is 11.9 Å². The third-order valence-electron chi connectivity index (χ3n) is 2.72. The molecule has 76 valence electrons. The van der Waals surface area contributed by atoms with Crippen LogP contribution < -0.4 is 5.32 Å². The topological polar surface area (TPSA) is 38.1 Å². The average Bonchev–Trinajstić information content (AvgIpc) is 2.82. The number of aryl methyl sites for hydroxylation is 1. The molecule has 1 N–H and O–H groups in total. The van der Waals surface area contributed by atoms with Gasteiger partial charge in [0.1, 0.15) is 6.26 Å². The highest BCUT2D eigenvalue weighted by Gasteiger charge is 2.10. The summed E-state index contributed by atoms with van der Waals surface area (Å²) in [4.78, 5) is 4.15. The summed E-state index contributed by atoms with van der Waals surface area (Å²) in [5.74, 6) is 0.698. The minimum Gasteiger partial charge on any atom is -0.445 e. The van der Waals surface area contributed by atoms with Gasteiger partial charge in [0, 0.05) is 17.8 Å². The monoisotopic (exact) mass is 200 g/mol. The van der Waals surface area contributed by atoms with E-state index >= 15 is 0 Å². The first-order valence-electron chi connectivity index (χ1n) is 5.20. The minimum atomic E-state index is 0.698. The fourth-order valence-electron chi connectivity index (χ4n) is 1.97. The zero-order valence-electron chi connectivity index (χ0n) is 8.36. The molecule has 0 aliphatic carbocycles. The van der Waals surface area contributed by atoms with Crippen molar-refractivity contribution in [1.29, 1.82) is 0 Å². The van der Waals surface area contributed by atoms with Crippen LogP contribution in [0.4, 0.5) is 5.69 Å². The number of oxazole rings is 1. The Morgan fingerprint density at radius 2 is 2.33 bits per heavy atom. The maximum atomic E-state index is 5.28. The lowest BCUT2D eigenvalue weighted by molar-refractivity contribution is 0.574. The molecule has 15 heavy (non-hydrogen) atoms. The van der Waals surface area contributed by atoms with Crippen LogP contribution in [0.1, 0.15) is 12.0 Å². The number of fused-ring (bicyclic) bond motifs is 1.